The Morgan fingerprint density at radius 2 is 2.10 bits per heavy atom. The third-order valence-corrected chi connectivity index (χ3v) is 3.14. The lowest BCUT2D eigenvalue weighted by Crippen LogP contribution is -2.12. The monoisotopic (exact) mass is 312 g/mol. The molecule has 1 heterocycles. The molecule has 7 heteroatoms. The van der Waals surface area contributed by atoms with E-state index in [1.807, 2.05) is 12.1 Å². The highest BCUT2D eigenvalue weighted by atomic mass is 35.5. The third kappa shape index (κ3) is 4.40. The number of sulfonamides is 1. The molecule has 0 aliphatic heterocycles. The molecular formula is C13H13ClN2O3S. The Balaban J connectivity index is 2.13. The quantitative estimate of drug-likeness (QED) is 0.921. The number of halogens is 1. The first kappa shape index (κ1) is 14.6. The summed E-state index contributed by atoms with van der Waals surface area (Å²) >= 11 is 5.89. The third-order valence-electron chi connectivity index (χ3n) is 2.34. The van der Waals surface area contributed by atoms with Crippen molar-refractivity contribution in [3.05, 3.63) is 53.2 Å². The molecular weight excluding hydrogens is 300 g/mol. The van der Waals surface area contributed by atoms with Crippen LogP contribution in [0.4, 0.5) is 5.82 Å². The van der Waals surface area contributed by atoms with Gasteiger partial charge in [0, 0.05) is 11.2 Å². The number of pyridine rings is 1. The Morgan fingerprint density at radius 1 is 1.30 bits per heavy atom. The van der Waals surface area contributed by atoms with E-state index in [2.05, 4.69) is 9.71 Å². The Labute approximate surface area is 122 Å². The molecule has 5 nitrogen and oxygen atoms in total. The summed E-state index contributed by atoms with van der Waals surface area (Å²) in [7, 11) is -3.40. The lowest BCUT2D eigenvalue weighted by Gasteiger charge is -2.11. The van der Waals surface area contributed by atoms with Crippen molar-refractivity contribution in [2.24, 2.45) is 0 Å². The molecule has 0 aliphatic rings. The van der Waals surface area contributed by atoms with Crippen molar-refractivity contribution in [1.29, 1.82) is 0 Å². The largest absolute Gasteiger partial charge is 0.485 e. The minimum Gasteiger partial charge on any atom is -0.485 e. The van der Waals surface area contributed by atoms with E-state index in [0.29, 0.717) is 10.8 Å². The molecule has 0 radical (unpaired) electrons. The molecule has 0 saturated heterocycles. The molecule has 0 atom stereocenters. The summed E-state index contributed by atoms with van der Waals surface area (Å²) in [5.41, 5.74) is 0.881. The van der Waals surface area contributed by atoms with Crippen LogP contribution in [0.3, 0.4) is 0 Å². The van der Waals surface area contributed by atoms with Gasteiger partial charge in [-0.25, -0.2) is 13.4 Å². The smallest absolute Gasteiger partial charge is 0.231 e. The van der Waals surface area contributed by atoms with E-state index < -0.39 is 10.0 Å². The maximum Gasteiger partial charge on any atom is 0.231 e. The van der Waals surface area contributed by atoms with Crippen LogP contribution in [-0.2, 0) is 16.6 Å². The van der Waals surface area contributed by atoms with Crippen LogP contribution in [0, 0.1) is 0 Å². The van der Waals surface area contributed by atoms with Crippen LogP contribution in [0.2, 0.25) is 5.02 Å². The second-order valence-electron chi connectivity index (χ2n) is 4.14. The van der Waals surface area contributed by atoms with Crippen LogP contribution < -0.4 is 9.46 Å². The zero-order chi connectivity index (χ0) is 14.6. The minimum atomic E-state index is -3.40. The normalized spacial score (nSPS) is 11.1. The van der Waals surface area contributed by atoms with Gasteiger partial charge in [0.15, 0.2) is 11.6 Å². The van der Waals surface area contributed by atoms with E-state index in [0.717, 1.165) is 11.8 Å². The predicted molar refractivity (Wildman–Crippen MR) is 78.5 cm³/mol. The summed E-state index contributed by atoms with van der Waals surface area (Å²) in [6.45, 7) is 0.269. The average Bonchev–Trinajstić information content (AvgIpc) is 2.36. The van der Waals surface area contributed by atoms with Crippen LogP contribution in [0.15, 0.2) is 42.6 Å². The van der Waals surface area contributed by atoms with Crippen molar-refractivity contribution in [1.82, 2.24) is 4.98 Å². The highest BCUT2D eigenvalue weighted by Gasteiger charge is 2.09. The molecule has 1 aromatic heterocycles. The Morgan fingerprint density at radius 3 is 2.80 bits per heavy atom. The lowest BCUT2D eigenvalue weighted by molar-refractivity contribution is 0.307. The predicted octanol–water partition coefficient (Wildman–Crippen LogP) is 2.69. The number of aromatic nitrogens is 1. The molecule has 0 aliphatic carbocycles. The van der Waals surface area contributed by atoms with Crippen molar-refractivity contribution in [2.75, 3.05) is 11.0 Å². The summed E-state index contributed by atoms with van der Waals surface area (Å²) in [4.78, 5) is 3.95. The van der Waals surface area contributed by atoms with Crippen molar-refractivity contribution in [2.45, 2.75) is 6.61 Å². The van der Waals surface area contributed by atoms with E-state index in [9.17, 15) is 8.42 Å². The maximum absolute atomic E-state index is 11.2. The number of rotatable bonds is 5. The molecule has 2 aromatic rings. The van der Waals surface area contributed by atoms with Gasteiger partial charge in [-0.05, 0) is 29.8 Å². The topological polar surface area (TPSA) is 68.3 Å². The Kier molecular flexibility index (Phi) is 4.46. The van der Waals surface area contributed by atoms with Gasteiger partial charge in [0.2, 0.25) is 10.0 Å². The molecule has 106 valence electrons. The van der Waals surface area contributed by atoms with E-state index in [4.69, 9.17) is 16.3 Å². The van der Waals surface area contributed by atoms with E-state index >= 15 is 0 Å². The van der Waals surface area contributed by atoms with E-state index in [-0.39, 0.29) is 12.4 Å². The number of nitrogens with one attached hydrogen (secondary N) is 1. The molecule has 0 spiro atoms. The number of ether oxygens (including phenoxy) is 1. The van der Waals surface area contributed by atoms with Gasteiger partial charge in [-0.2, -0.15) is 0 Å². The van der Waals surface area contributed by atoms with Crippen LogP contribution in [0.5, 0.6) is 5.75 Å². The van der Waals surface area contributed by atoms with Crippen LogP contribution in [0.1, 0.15) is 5.56 Å². The van der Waals surface area contributed by atoms with Gasteiger partial charge in [0.05, 0.1) is 6.26 Å². The van der Waals surface area contributed by atoms with Crippen LogP contribution >= 0.6 is 11.6 Å². The first-order chi connectivity index (χ1) is 9.44. The number of anilines is 1. The number of hydrogen-bond acceptors (Lipinski definition) is 4. The fourth-order valence-electron chi connectivity index (χ4n) is 1.55. The summed E-state index contributed by atoms with van der Waals surface area (Å²) in [5.74, 6) is 0.523. The fraction of sp³-hybridized carbons (Fsp3) is 0.154. The van der Waals surface area contributed by atoms with Crippen LogP contribution in [0.25, 0.3) is 0 Å². The number of nitrogens with zero attached hydrogens (tertiary/aromatic N) is 1. The van der Waals surface area contributed by atoms with Crippen molar-refractivity contribution in [3.8, 4) is 5.75 Å². The SMILES string of the molecule is CS(=O)(=O)Nc1ncccc1OCc1cccc(Cl)c1. The van der Waals surface area contributed by atoms with Crippen molar-refractivity contribution < 1.29 is 13.2 Å². The molecule has 0 fully saturated rings. The van der Waals surface area contributed by atoms with Gasteiger partial charge in [-0.3, -0.25) is 4.72 Å². The van der Waals surface area contributed by atoms with Gasteiger partial charge in [0.25, 0.3) is 0 Å². The van der Waals surface area contributed by atoms with E-state index in [1.54, 1.807) is 24.3 Å². The summed E-state index contributed by atoms with van der Waals surface area (Å²) in [5, 5.41) is 0.617. The molecule has 1 N–H and O–H groups in total. The highest BCUT2D eigenvalue weighted by Crippen LogP contribution is 2.23. The molecule has 0 bridgehead atoms. The van der Waals surface area contributed by atoms with Gasteiger partial charge in [-0.1, -0.05) is 23.7 Å². The molecule has 2 rings (SSSR count). The lowest BCUT2D eigenvalue weighted by atomic mass is 10.2. The second-order valence-corrected chi connectivity index (χ2v) is 6.33. The van der Waals surface area contributed by atoms with Gasteiger partial charge in [0.1, 0.15) is 6.61 Å². The first-order valence-electron chi connectivity index (χ1n) is 5.74. The molecule has 1 aromatic carbocycles. The molecule has 0 amide bonds. The van der Waals surface area contributed by atoms with Gasteiger partial charge < -0.3 is 4.74 Å². The van der Waals surface area contributed by atoms with Crippen molar-refractivity contribution in [3.63, 3.8) is 0 Å². The standard InChI is InChI=1S/C13H13ClN2O3S/c1-20(17,18)16-13-12(6-3-7-15-13)19-9-10-4-2-5-11(14)8-10/h2-8H,9H2,1H3,(H,15,16). The van der Waals surface area contributed by atoms with Gasteiger partial charge in [-0.15, -0.1) is 0 Å². The zero-order valence-electron chi connectivity index (χ0n) is 10.7. The van der Waals surface area contributed by atoms with Crippen molar-refractivity contribution >= 4 is 27.4 Å². The number of benzene rings is 1. The number of hydrogen-bond donors (Lipinski definition) is 1. The maximum atomic E-state index is 11.2. The zero-order valence-corrected chi connectivity index (χ0v) is 12.3. The van der Waals surface area contributed by atoms with Crippen LogP contribution in [-0.4, -0.2) is 19.7 Å². The minimum absolute atomic E-state index is 0.164. The summed E-state index contributed by atoms with van der Waals surface area (Å²) < 4.78 is 30.4. The summed E-state index contributed by atoms with van der Waals surface area (Å²) in [6, 6.07) is 10.5. The Bertz CT molecular complexity index is 704. The second kappa shape index (κ2) is 6.11. The fourth-order valence-corrected chi connectivity index (χ4v) is 2.26. The Hall–Kier alpha value is -1.79. The molecule has 0 unspecified atom stereocenters. The first-order valence-corrected chi connectivity index (χ1v) is 8.01. The average molecular weight is 313 g/mol. The molecule has 20 heavy (non-hydrogen) atoms. The van der Waals surface area contributed by atoms with Gasteiger partial charge >= 0.3 is 0 Å². The van der Waals surface area contributed by atoms with E-state index in [1.165, 1.54) is 6.20 Å². The summed E-state index contributed by atoms with van der Waals surface area (Å²) in [6.07, 6.45) is 2.54. The molecule has 0 saturated carbocycles. The highest BCUT2D eigenvalue weighted by molar-refractivity contribution is 7.92.